The molecule has 1 aromatic rings. The van der Waals surface area contributed by atoms with Crippen LogP contribution in [-0.2, 0) is 20.9 Å². The van der Waals surface area contributed by atoms with Gasteiger partial charge in [-0.15, -0.1) is 0 Å². The molecule has 2 fully saturated rings. The molecule has 26 heavy (non-hydrogen) atoms. The minimum absolute atomic E-state index is 0.135. The van der Waals surface area contributed by atoms with Gasteiger partial charge in [0, 0.05) is 5.02 Å². The number of likely N-dealkylation sites (tertiary alicyclic amines) is 1. The molecule has 0 saturated carbocycles. The third-order valence-corrected chi connectivity index (χ3v) is 5.17. The van der Waals surface area contributed by atoms with Gasteiger partial charge < -0.3 is 9.64 Å². The second kappa shape index (κ2) is 8.05. The summed E-state index contributed by atoms with van der Waals surface area (Å²) in [6.45, 7) is 4.73. The first kappa shape index (κ1) is 18.7. The fourth-order valence-electron chi connectivity index (χ4n) is 3.48. The molecule has 7 nitrogen and oxygen atoms in total. The number of carbonyl (C=O) groups is 3. The molecule has 1 N–H and O–H groups in total. The maximum atomic E-state index is 12.8. The summed E-state index contributed by atoms with van der Waals surface area (Å²) in [5.74, 6) is -0.278. The Labute approximate surface area is 157 Å². The molecule has 140 valence electrons. The SMILES string of the molecule is CCOC(=O)N1CC[NH+]([C@H]2CC(=O)N(Cc3ccc(Cl)cc3)C2=O)CC1. The lowest BCUT2D eigenvalue weighted by atomic mass is 10.2. The number of quaternary nitrogens is 1. The molecule has 0 bridgehead atoms. The Morgan fingerprint density at radius 2 is 1.88 bits per heavy atom. The molecule has 8 heteroatoms. The fraction of sp³-hybridized carbons (Fsp3) is 0.500. The number of halogens is 1. The Kier molecular flexibility index (Phi) is 5.78. The molecule has 0 aromatic heterocycles. The van der Waals surface area contributed by atoms with Gasteiger partial charge in [-0.3, -0.25) is 19.4 Å². The molecule has 0 unspecified atom stereocenters. The van der Waals surface area contributed by atoms with Crippen molar-refractivity contribution in [2.24, 2.45) is 0 Å². The van der Waals surface area contributed by atoms with Crippen LogP contribution in [0.5, 0.6) is 0 Å². The monoisotopic (exact) mass is 380 g/mol. The minimum Gasteiger partial charge on any atom is -0.450 e. The number of ether oxygens (including phenoxy) is 1. The molecule has 3 rings (SSSR count). The molecule has 2 saturated heterocycles. The lowest BCUT2D eigenvalue weighted by Crippen LogP contribution is -3.19. The van der Waals surface area contributed by atoms with Crippen molar-refractivity contribution in [1.29, 1.82) is 0 Å². The van der Waals surface area contributed by atoms with Gasteiger partial charge in [0.25, 0.3) is 5.91 Å². The van der Waals surface area contributed by atoms with E-state index >= 15 is 0 Å². The minimum atomic E-state index is -0.362. The van der Waals surface area contributed by atoms with Crippen LogP contribution < -0.4 is 4.90 Å². The highest BCUT2D eigenvalue weighted by atomic mass is 35.5. The summed E-state index contributed by atoms with van der Waals surface area (Å²) >= 11 is 5.88. The molecule has 2 aliphatic heterocycles. The second-order valence-corrected chi connectivity index (χ2v) is 6.98. The Balaban J connectivity index is 1.59. The van der Waals surface area contributed by atoms with Crippen molar-refractivity contribution >= 4 is 29.5 Å². The average molecular weight is 381 g/mol. The highest BCUT2D eigenvalue weighted by molar-refractivity contribution is 6.30. The first-order chi connectivity index (χ1) is 12.5. The van der Waals surface area contributed by atoms with Crippen LogP contribution in [0.1, 0.15) is 18.9 Å². The van der Waals surface area contributed by atoms with Crippen molar-refractivity contribution < 1.29 is 24.0 Å². The first-order valence-electron chi connectivity index (χ1n) is 8.84. The van der Waals surface area contributed by atoms with Crippen molar-refractivity contribution in [3.05, 3.63) is 34.9 Å². The summed E-state index contributed by atoms with van der Waals surface area (Å²) < 4.78 is 5.01. The van der Waals surface area contributed by atoms with E-state index < -0.39 is 0 Å². The van der Waals surface area contributed by atoms with Crippen molar-refractivity contribution in [3.8, 4) is 0 Å². The Morgan fingerprint density at radius 3 is 2.50 bits per heavy atom. The summed E-state index contributed by atoms with van der Waals surface area (Å²) in [7, 11) is 0. The lowest BCUT2D eigenvalue weighted by molar-refractivity contribution is -0.918. The van der Waals surface area contributed by atoms with E-state index in [1.54, 1.807) is 24.0 Å². The van der Waals surface area contributed by atoms with E-state index in [2.05, 4.69) is 0 Å². The Bertz CT molecular complexity index is 686. The molecule has 0 spiro atoms. The predicted octanol–water partition coefficient (Wildman–Crippen LogP) is 0.325. The predicted molar refractivity (Wildman–Crippen MR) is 94.7 cm³/mol. The molecule has 1 atom stereocenters. The second-order valence-electron chi connectivity index (χ2n) is 6.55. The highest BCUT2D eigenvalue weighted by Gasteiger charge is 2.45. The summed E-state index contributed by atoms with van der Waals surface area (Å²) in [4.78, 5) is 40.9. The van der Waals surface area contributed by atoms with Crippen LogP contribution >= 0.6 is 11.6 Å². The highest BCUT2D eigenvalue weighted by Crippen LogP contribution is 2.17. The lowest BCUT2D eigenvalue weighted by Gasteiger charge is -2.33. The zero-order valence-electron chi connectivity index (χ0n) is 14.7. The third-order valence-electron chi connectivity index (χ3n) is 4.92. The number of benzene rings is 1. The molecule has 0 radical (unpaired) electrons. The summed E-state index contributed by atoms with van der Waals surface area (Å²) in [5.41, 5.74) is 0.874. The fourth-order valence-corrected chi connectivity index (χ4v) is 3.61. The zero-order chi connectivity index (χ0) is 18.7. The van der Waals surface area contributed by atoms with Gasteiger partial charge in [0.15, 0.2) is 6.04 Å². The van der Waals surface area contributed by atoms with E-state index in [9.17, 15) is 14.4 Å². The number of imide groups is 1. The van der Waals surface area contributed by atoms with Crippen LogP contribution in [0, 0.1) is 0 Å². The van der Waals surface area contributed by atoms with Gasteiger partial charge in [-0.05, 0) is 24.6 Å². The molecule has 2 heterocycles. The number of rotatable bonds is 4. The van der Waals surface area contributed by atoms with Gasteiger partial charge in [0.2, 0.25) is 5.91 Å². The van der Waals surface area contributed by atoms with Crippen molar-refractivity contribution in [2.75, 3.05) is 32.8 Å². The molecule has 3 amide bonds. The van der Waals surface area contributed by atoms with Gasteiger partial charge in [0.1, 0.15) is 0 Å². The van der Waals surface area contributed by atoms with E-state index in [0.29, 0.717) is 37.8 Å². The van der Waals surface area contributed by atoms with Gasteiger partial charge in [0.05, 0.1) is 45.8 Å². The van der Waals surface area contributed by atoms with E-state index in [1.165, 1.54) is 4.90 Å². The van der Waals surface area contributed by atoms with Gasteiger partial charge in [-0.2, -0.15) is 0 Å². The summed E-state index contributed by atoms with van der Waals surface area (Å²) in [6.07, 6.45) is -0.0917. The molecule has 0 aliphatic carbocycles. The summed E-state index contributed by atoms with van der Waals surface area (Å²) in [6, 6.07) is 6.78. The van der Waals surface area contributed by atoms with E-state index in [4.69, 9.17) is 16.3 Å². The van der Waals surface area contributed by atoms with Crippen LogP contribution in [0.25, 0.3) is 0 Å². The van der Waals surface area contributed by atoms with E-state index in [0.717, 1.165) is 10.5 Å². The molecular weight excluding hydrogens is 358 g/mol. The largest absolute Gasteiger partial charge is 0.450 e. The zero-order valence-corrected chi connectivity index (χ0v) is 15.5. The van der Waals surface area contributed by atoms with Crippen LogP contribution in [0.3, 0.4) is 0 Å². The first-order valence-corrected chi connectivity index (χ1v) is 9.22. The van der Waals surface area contributed by atoms with E-state index in [-0.39, 0.29) is 36.9 Å². The number of carbonyl (C=O) groups excluding carboxylic acids is 3. The Morgan fingerprint density at radius 1 is 1.23 bits per heavy atom. The smallest absolute Gasteiger partial charge is 0.410 e. The van der Waals surface area contributed by atoms with Gasteiger partial charge in [-0.25, -0.2) is 4.79 Å². The number of hydrogen-bond donors (Lipinski definition) is 1. The normalized spacial score (nSPS) is 21.4. The number of amides is 3. The van der Waals surface area contributed by atoms with Gasteiger partial charge >= 0.3 is 6.09 Å². The van der Waals surface area contributed by atoms with Crippen molar-refractivity contribution in [2.45, 2.75) is 25.9 Å². The maximum Gasteiger partial charge on any atom is 0.410 e. The molecule has 2 aliphatic rings. The number of hydrogen-bond acceptors (Lipinski definition) is 4. The quantitative estimate of drug-likeness (QED) is 0.764. The van der Waals surface area contributed by atoms with Crippen LogP contribution in [-0.4, -0.2) is 66.5 Å². The van der Waals surface area contributed by atoms with E-state index in [1.807, 2.05) is 12.1 Å². The maximum absolute atomic E-state index is 12.8. The summed E-state index contributed by atoms with van der Waals surface area (Å²) in [5, 5.41) is 0.620. The van der Waals surface area contributed by atoms with Crippen LogP contribution in [0.2, 0.25) is 5.02 Å². The number of nitrogens with one attached hydrogen (secondary N) is 1. The topological polar surface area (TPSA) is 71.4 Å². The molecular formula is C18H23ClN3O4+. The number of piperazine rings is 1. The van der Waals surface area contributed by atoms with Gasteiger partial charge in [-0.1, -0.05) is 23.7 Å². The number of nitrogens with zero attached hydrogens (tertiary/aromatic N) is 2. The van der Waals surface area contributed by atoms with Crippen LogP contribution in [0.15, 0.2) is 24.3 Å². The van der Waals surface area contributed by atoms with Crippen molar-refractivity contribution in [1.82, 2.24) is 9.80 Å². The third kappa shape index (κ3) is 3.99. The molecule has 1 aromatic carbocycles. The van der Waals surface area contributed by atoms with Crippen molar-refractivity contribution in [3.63, 3.8) is 0 Å². The van der Waals surface area contributed by atoms with Crippen LogP contribution in [0.4, 0.5) is 4.79 Å². The Hall–Kier alpha value is -2.12. The standard InChI is InChI=1S/C18H22ClN3O4/c1-2-26-18(25)21-9-7-20(8-10-21)15-11-16(23)22(17(15)24)12-13-3-5-14(19)6-4-13/h3-6,15H,2,7-12H2,1H3/p+1/t15-/m0/s1. The average Bonchev–Trinajstić information content (AvgIpc) is 2.92.